The SMILES string of the molecule is Cc1csc(C(N)C2=CCCC2)c1. The number of nitrogens with two attached hydrogens (primary N) is 1. The first kappa shape index (κ1) is 8.97. The fraction of sp³-hybridized carbons (Fsp3) is 0.455. The highest BCUT2D eigenvalue weighted by atomic mass is 32.1. The minimum Gasteiger partial charge on any atom is -0.320 e. The maximum atomic E-state index is 6.16. The highest BCUT2D eigenvalue weighted by molar-refractivity contribution is 7.10. The predicted molar refractivity (Wildman–Crippen MR) is 57.9 cm³/mol. The molecule has 1 aliphatic rings. The molecule has 2 N–H and O–H groups in total. The van der Waals surface area contributed by atoms with E-state index >= 15 is 0 Å². The molecule has 1 aromatic heterocycles. The summed E-state index contributed by atoms with van der Waals surface area (Å²) in [4.78, 5) is 1.31. The van der Waals surface area contributed by atoms with Gasteiger partial charge >= 0.3 is 0 Å². The first-order chi connectivity index (χ1) is 6.27. The summed E-state index contributed by atoms with van der Waals surface area (Å²) in [5, 5.41) is 2.17. The molecule has 1 aromatic rings. The van der Waals surface area contributed by atoms with Gasteiger partial charge in [-0.25, -0.2) is 0 Å². The van der Waals surface area contributed by atoms with Crippen LogP contribution in [0.5, 0.6) is 0 Å². The Morgan fingerprint density at radius 3 is 2.92 bits per heavy atom. The van der Waals surface area contributed by atoms with Crippen molar-refractivity contribution in [1.82, 2.24) is 0 Å². The van der Waals surface area contributed by atoms with Crippen LogP contribution in [0, 0.1) is 6.92 Å². The predicted octanol–water partition coefficient (Wildman–Crippen LogP) is 3.17. The normalized spacial score (nSPS) is 18.8. The second kappa shape index (κ2) is 3.64. The van der Waals surface area contributed by atoms with E-state index in [9.17, 15) is 0 Å². The van der Waals surface area contributed by atoms with Crippen molar-refractivity contribution in [3.8, 4) is 0 Å². The number of aryl methyl sites for hydroxylation is 1. The van der Waals surface area contributed by atoms with Crippen molar-refractivity contribution in [3.63, 3.8) is 0 Å². The zero-order valence-corrected chi connectivity index (χ0v) is 8.73. The van der Waals surface area contributed by atoms with Crippen LogP contribution in [-0.2, 0) is 0 Å². The lowest BCUT2D eigenvalue weighted by Gasteiger charge is -2.10. The lowest BCUT2D eigenvalue weighted by molar-refractivity contribution is 0.796. The van der Waals surface area contributed by atoms with E-state index in [1.54, 1.807) is 11.3 Å². The standard InChI is InChI=1S/C11H15NS/c1-8-6-10(13-7-8)11(12)9-4-2-3-5-9/h4,6-7,11H,2-3,5,12H2,1H3. The van der Waals surface area contributed by atoms with Crippen molar-refractivity contribution in [3.05, 3.63) is 33.5 Å². The molecule has 0 spiro atoms. The summed E-state index contributed by atoms with van der Waals surface area (Å²) in [5.74, 6) is 0. The number of hydrogen-bond acceptors (Lipinski definition) is 2. The summed E-state index contributed by atoms with van der Waals surface area (Å²) in [6.07, 6.45) is 6.00. The van der Waals surface area contributed by atoms with E-state index in [2.05, 4.69) is 24.4 Å². The van der Waals surface area contributed by atoms with Crippen LogP contribution in [0.1, 0.15) is 35.7 Å². The molecule has 70 valence electrons. The molecule has 1 aliphatic carbocycles. The van der Waals surface area contributed by atoms with E-state index in [1.807, 2.05) is 0 Å². The fourth-order valence-corrected chi connectivity index (χ4v) is 2.72. The Balaban J connectivity index is 2.16. The fourth-order valence-electron chi connectivity index (χ4n) is 1.78. The smallest absolute Gasteiger partial charge is 0.0605 e. The van der Waals surface area contributed by atoms with E-state index in [-0.39, 0.29) is 6.04 Å². The van der Waals surface area contributed by atoms with Gasteiger partial charge in [-0.05, 0) is 43.2 Å². The molecule has 2 heteroatoms. The summed E-state index contributed by atoms with van der Waals surface area (Å²) in [5.41, 5.74) is 8.92. The zero-order chi connectivity index (χ0) is 9.26. The largest absolute Gasteiger partial charge is 0.320 e. The van der Waals surface area contributed by atoms with Crippen molar-refractivity contribution < 1.29 is 0 Å². The third-order valence-corrected chi connectivity index (χ3v) is 3.67. The minimum atomic E-state index is 0.168. The van der Waals surface area contributed by atoms with Crippen LogP contribution in [0.2, 0.25) is 0 Å². The Bertz CT molecular complexity index is 325. The number of allylic oxidation sites excluding steroid dienone is 1. The van der Waals surface area contributed by atoms with Crippen LogP contribution < -0.4 is 5.73 Å². The molecule has 1 heterocycles. The van der Waals surface area contributed by atoms with Crippen LogP contribution in [0.3, 0.4) is 0 Å². The summed E-state index contributed by atoms with van der Waals surface area (Å²) >= 11 is 1.78. The van der Waals surface area contributed by atoms with Crippen LogP contribution in [-0.4, -0.2) is 0 Å². The summed E-state index contributed by atoms with van der Waals surface area (Å²) < 4.78 is 0. The first-order valence-corrected chi connectivity index (χ1v) is 5.65. The molecular formula is C11H15NS. The average Bonchev–Trinajstić information content (AvgIpc) is 2.72. The van der Waals surface area contributed by atoms with Crippen LogP contribution in [0.4, 0.5) is 0 Å². The monoisotopic (exact) mass is 193 g/mol. The van der Waals surface area contributed by atoms with Crippen molar-refractivity contribution >= 4 is 11.3 Å². The van der Waals surface area contributed by atoms with Gasteiger partial charge in [0.05, 0.1) is 6.04 Å². The van der Waals surface area contributed by atoms with Crippen LogP contribution in [0.15, 0.2) is 23.1 Å². The summed E-state index contributed by atoms with van der Waals surface area (Å²) in [6, 6.07) is 2.37. The molecular weight excluding hydrogens is 178 g/mol. The molecule has 1 unspecified atom stereocenters. The topological polar surface area (TPSA) is 26.0 Å². The molecule has 1 atom stereocenters. The van der Waals surface area contributed by atoms with Crippen molar-refractivity contribution in [1.29, 1.82) is 0 Å². The molecule has 0 aliphatic heterocycles. The summed E-state index contributed by atoms with van der Waals surface area (Å²) in [7, 11) is 0. The Morgan fingerprint density at radius 1 is 1.54 bits per heavy atom. The minimum absolute atomic E-state index is 0.168. The Hall–Kier alpha value is -0.600. The molecule has 0 saturated heterocycles. The molecule has 2 rings (SSSR count). The van der Waals surface area contributed by atoms with Gasteiger partial charge in [-0.1, -0.05) is 11.6 Å². The quantitative estimate of drug-likeness (QED) is 0.717. The third kappa shape index (κ3) is 1.84. The van der Waals surface area contributed by atoms with E-state index in [1.165, 1.54) is 35.3 Å². The molecule has 0 aromatic carbocycles. The maximum Gasteiger partial charge on any atom is 0.0605 e. The molecule has 13 heavy (non-hydrogen) atoms. The first-order valence-electron chi connectivity index (χ1n) is 4.77. The van der Waals surface area contributed by atoms with Crippen LogP contribution >= 0.6 is 11.3 Å². The van der Waals surface area contributed by atoms with Gasteiger partial charge in [0.2, 0.25) is 0 Å². The van der Waals surface area contributed by atoms with Gasteiger partial charge < -0.3 is 5.73 Å². The lowest BCUT2D eigenvalue weighted by atomic mass is 10.1. The van der Waals surface area contributed by atoms with Crippen molar-refractivity contribution in [2.45, 2.75) is 32.2 Å². The van der Waals surface area contributed by atoms with Crippen molar-refractivity contribution in [2.75, 3.05) is 0 Å². The van der Waals surface area contributed by atoms with Gasteiger partial charge in [0.25, 0.3) is 0 Å². The van der Waals surface area contributed by atoms with E-state index in [0.29, 0.717) is 0 Å². The Kier molecular flexibility index (Phi) is 2.51. The van der Waals surface area contributed by atoms with Gasteiger partial charge in [0.1, 0.15) is 0 Å². The summed E-state index contributed by atoms with van der Waals surface area (Å²) in [6.45, 7) is 2.12. The Labute approximate surface area is 83.3 Å². The van der Waals surface area contributed by atoms with Gasteiger partial charge in [-0.3, -0.25) is 0 Å². The molecule has 0 radical (unpaired) electrons. The van der Waals surface area contributed by atoms with Gasteiger partial charge in [-0.2, -0.15) is 0 Å². The van der Waals surface area contributed by atoms with Crippen LogP contribution in [0.25, 0.3) is 0 Å². The van der Waals surface area contributed by atoms with Gasteiger partial charge in [0, 0.05) is 4.88 Å². The maximum absolute atomic E-state index is 6.16. The number of thiophene rings is 1. The zero-order valence-electron chi connectivity index (χ0n) is 7.92. The molecule has 1 nitrogen and oxygen atoms in total. The highest BCUT2D eigenvalue weighted by Gasteiger charge is 2.15. The molecule has 0 amide bonds. The van der Waals surface area contributed by atoms with E-state index in [0.717, 1.165) is 0 Å². The van der Waals surface area contributed by atoms with Gasteiger partial charge in [0.15, 0.2) is 0 Å². The molecule has 0 bridgehead atoms. The van der Waals surface area contributed by atoms with Crippen molar-refractivity contribution in [2.24, 2.45) is 5.73 Å². The second-order valence-corrected chi connectivity index (χ2v) is 4.62. The second-order valence-electron chi connectivity index (χ2n) is 3.68. The highest BCUT2D eigenvalue weighted by Crippen LogP contribution is 2.31. The van der Waals surface area contributed by atoms with Gasteiger partial charge in [-0.15, -0.1) is 11.3 Å². The van der Waals surface area contributed by atoms with E-state index in [4.69, 9.17) is 5.73 Å². The average molecular weight is 193 g/mol. The Morgan fingerprint density at radius 2 is 2.38 bits per heavy atom. The molecule has 0 saturated carbocycles. The number of hydrogen-bond donors (Lipinski definition) is 1. The third-order valence-electron chi connectivity index (χ3n) is 2.53. The number of rotatable bonds is 2. The van der Waals surface area contributed by atoms with E-state index < -0.39 is 0 Å². The molecule has 0 fully saturated rings. The lowest BCUT2D eigenvalue weighted by Crippen LogP contribution is -2.10.